The number of hydrogen-bond donors (Lipinski definition) is 1. The molecule has 1 aromatic heterocycles. The fraction of sp³-hybridized carbons (Fsp3) is 0.290. The Balaban J connectivity index is 1.51. The Labute approximate surface area is 250 Å². The monoisotopic (exact) mass is 637 g/mol. The van der Waals surface area contributed by atoms with E-state index >= 15 is 0 Å². The number of para-hydroxylation sites is 1. The van der Waals surface area contributed by atoms with Gasteiger partial charge in [0, 0.05) is 16.0 Å². The van der Waals surface area contributed by atoms with Crippen LogP contribution in [-0.4, -0.2) is 33.6 Å². The molecule has 1 aliphatic rings. The normalized spacial score (nSPS) is 14.0. The van der Waals surface area contributed by atoms with Crippen LogP contribution in [0.2, 0.25) is 5.02 Å². The number of carboxylic acid groups (broad SMARTS) is 1. The maximum absolute atomic E-state index is 13.6. The van der Waals surface area contributed by atoms with E-state index in [9.17, 15) is 14.7 Å². The average molecular weight is 639 g/mol. The first-order valence-electron chi connectivity index (χ1n) is 13.5. The molecule has 212 valence electrons. The lowest BCUT2D eigenvalue weighted by atomic mass is 9.88. The first-order chi connectivity index (χ1) is 19.9. The Kier molecular flexibility index (Phi) is 9.05. The van der Waals surface area contributed by atoms with Crippen molar-refractivity contribution in [2.45, 2.75) is 51.6 Å². The Morgan fingerprint density at radius 1 is 1.15 bits per heavy atom. The van der Waals surface area contributed by atoms with Crippen LogP contribution in [0.4, 0.5) is 0 Å². The number of nitrogens with zero attached hydrogens (tertiary/aromatic N) is 3. The third-order valence-corrected chi connectivity index (χ3v) is 8.52. The standard InChI is InChI=1S/C31H29BrClN3O5/c1-2-40-25-16-22(26(32)27(33)28(25)41-18-19-9-8-12-21(15-19)31(38)39)17-34-36-29(20-10-4-3-5-11-20)35-24-14-7-6-13-23(24)30(36)37/h6-9,12-17,20H,2-5,10-11,18H2,1H3,(H,38,39). The van der Waals surface area contributed by atoms with Gasteiger partial charge in [-0.15, -0.1) is 0 Å². The quantitative estimate of drug-likeness (QED) is 0.192. The van der Waals surface area contributed by atoms with Gasteiger partial charge < -0.3 is 14.6 Å². The van der Waals surface area contributed by atoms with Gasteiger partial charge >= 0.3 is 5.97 Å². The third-order valence-electron chi connectivity index (χ3n) is 7.07. The molecular formula is C31H29BrClN3O5. The van der Waals surface area contributed by atoms with E-state index in [4.69, 9.17) is 26.1 Å². The predicted octanol–water partition coefficient (Wildman–Crippen LogP) is 7.42. The SMILES string of the molecule is CCOc1cc(C=Nn2c(C3CCCCC3)nc3ccccc3c2=O)c(Br)c(Cl)c1OCc1cccc(C(=O)O)c1. The van der Waals surface area contributed by atoms with Gasteiger partial charge in [0.15, 0.2) is 11.5 Å². The van der Waals surface area contributed by atoms with Crippen molar-refractivity contribution in [1.29, 1.82) is 0 Å². The fourth-order valence-electron chi connectivity index (χ4n) is 5.04. The highest BCUT2D eigenvalue weighted by Gasteiger charge is 2.23. The summed E-state index contributed by atoms with van der Waals surface area (Å²) in [6.45, 7) is 2.30. The second-order valence-corrected chi connectivity index (χ2v) is 11.0. The molecule has 41 heavy (non-hydrogen) atoms. The Morgan fingerprint density at radius 3 is 2.68 bits per heavy atom. The highest BCUT2D eigenvalue weighted by Crippen LogP contribution is 2.43. The summed E-state index contributed by atoms with van der Waals surface area (Å²) in [6.07, 6.45) is 6.87. The maximum Gasteiger partial charge on any atom is 0.335 e. The zero-order valence-electron chi connectivity index (χ0n) is 22.5. The molecule has 1 N–H and O–H groups in total. The number of fused-ring (bicyclic) bond motifs is 1. The van der Waals surface area contributed by atoms with Crippen LogP contribution in [0.3, 0.4) is 0 Å². The second kappa shape index (κ2) is 12.9. The molecule has 1 saturated carbocycles. The Bertz CT molecular complexity index is 1680. The number of carboxylic acids is 1. The minimum Gasteiger partial charge on any atom is -0.490 e. The molecule has 3 aromatic carbocycles. The van der Waals surface area contributed by atoms with Gasteiger partial charge in [0.2, 0.25) is 0 Å². The number of rotatable bonds is 9. The van der Waals surface area contributed by atoms with E-state index in [1.54, 1.807) is 36.5 Å². The van der Waals surface area contributed by atoms with Gasteiger partial charge in [-0.1, -0.05) is 55.1 Å². The molecule has 1 heterocycles. The van der Waals surface area contributed by atoms with Crippen molar-refractivity contribution in [2.24, 2.45) is 5.10 Å². The van der Waals surface area contributed by atoms with Crippen molar-refractivity contribution >= 4 is 50.6 Å². The van der Waals surface area contributed by atoms with E-state index in [-0.39, 0.29) is 28.7 Å². The lowest BCUT2D eigenvalue weighted by Gasteiger charge is -2.22. The van der Waals surface area contributed by atoms with Gasteiger partial charge in [-0.2, -0.15) is 9.78 Å². The van der Waals surface area contributed by atoms with E-state index < -0.39 is 5.97 Å². The third kappa shape index (κ3) is 6.31. The first kappa shape index (κ1) is 28.8. The van der Waals surface area contributed by atoms with Crippen LogP contribution in [0.25, 0.3) is 10.9 Å². The summed E-state index contributed by atoms with van der Waals surface area (Å²) in [5.74, 6) is 0.512. The molecule has 0 radical (unpaired) electrons. The van der Waals surface area contributed by atoms with Gasteiger partial charge in [-0.25, -0.2) is 9.78 Å². The summed E-state index contributed by atoms with van der Waals surface area (Å²) < 4.78 is 13.8. The largest absolute Gasteiger partial charge is 0.490 e. The molecule has 10 heteroatoms. The van der Waals surface area contributed by atoms with Gasteiger partial charge in [-0.3, -0.25) is 4.79 Å². The number of hydrogen-bond acceptors (Lipinski definition) is 6. The zero-order chi connectivity index (χ0) is 28.9. The van der Waals surface area contributed by atoms with Crippen molar-refractivity contribution in [3.8, 4) is 11.5 Å². The fourth-order valence-corrected chi connectivity index (χ4v) is 5.70. The van der Waals surface area contributed by atoms with Crippen LogP contribution in [0.5, 0.6) is 11.5 Å². The minimum absolute atomic E-state index is 0.0870. The summed E-state index contributed by atoms with van der Waals surface area (Å²) in [4.78, 5) is 29.8. The lowest BCUT2D eigenvalue weighted by Crippen LogP contribution is -2.25. The van der Waals surface area contributed by atoms with Gasteiger partial charge in [0.25, 0.3) is 5.56 Å². The number of ether oxygens (including phenoxy) is 2. The van der Waals surface area contributed by atoms with Crippen LogP contribution in [0.15, 0.2) is 69.0 Å². The topological polar surface area (TPSA) is 103 Å². The predicted molar refractivity (Wildman–Crippen MR) is 163 cm³/mol. The Morgan fingerprint density at radius 2 is 1.93 bits per heavy atom. The van der Waals surface area contributed by atoms with Gasteiger partial charge in [0.1, 0.15) is 17.5 Å². The highest BCUT2D eigenvalue weighted by atomic mass is 79.9. The van der Waals surface area contributed by atoms with Crippen molar-refractivity contribution in [2.75, 3.05) is 6.61 Å². The average Bonchev–Trinajstić information content (AvgIpc) is 2.99. The van der Waals surface area contributed by atoms with Crippen LogP contribution in [0, 0.1) is 0 Å². The van der Waals surface area contributed by atoms with Crippen molar-refractivity contribution in [3.05, 3.63) is 97.0 Å². The van der Waals surface area contributed by atoms with E-state index in [1.807, 2.05) is 25.1 Å². The molecule has 1 fully saturated rings. The van der Waals surface area contributed by atoms with Crippen LogP contribution < -0.4 is 15.0 Å². The summed E-state index contributed by atoms with van der Waals surface area (Å²) in [7, 11) is 0. The Hall–Kier alpha value is -3.69. The van der Waals surface area contributed by atoms with E-state index in [2.05, 4.69) is 21.0 Å². The molecule has 0 spiro atoms. The van der Waals surface area contributed by atoms with Gasteiger partial charge in [0.05, 0.1) is 29.3 Å². The molecular weight excluding hydrogens is 610 g/mol. The van der Waals surface area contributed by atoms with Crippen LogP contribution in [0.1, 0.15) is 72.3 Å². The van der Waals surface area contributed by atoms with Crippen molar-refractivity contribution < 1.29 is 19.4 Å². The lowest BCUT2D eigenvalue weighted by molar-refractivity contribution is 0.0696. The second-order valence-electron chi connectivity index (χ2n) is 9.83. The smallest absolute Gasteiger partial charge is 0.335 e. The molecule has 8 nitrogen and oxygen atoms in total. The molecule has 4 aromatic rings. The minimum atomic E-state index is -1.02. The summed E-state index contributed by atoms with van der Waals surface area (Å²) >= 11 is 10.3. The van der Waals surface area contributed by atoms with Crippen LogP contribution >= 0.6 is 27.5 Å². The summed E-state index contributed by atoms with van der Waals surface area (Å²) in [5, 5.41) is 14.7. The van der Waals surface area contributed by atoms with Gasteiger partial charge in [-0.05, 0) is 71.6 Å². The highest BCUT2D eigenvalue weighted by molar-refractivity contribution is 9.10. The molecule has 1 aliphatic carbocycles. The molecule has 0 unspecified atom stereocenters. The molecule has 0 bridgehead atoms. The van der Waals surface area contributed by atoms with E-state index in [0.717, 1.165) is 25.7 Å². The number of aromatic carboxylic acids is 1. The molecule has 5 rings (SSSR count). The van der Waals surface area contributed by atoms with Crippen molar-refractivity contribution in [3.63, 3.8) is 0 Å². The molecule has 0 aliphatic heterocycles. The molecule has 0 saturated heterocycles. The number of benzene rings is 3. The maximum atomic E-state index is 13.6. The number of aromatic nitrogens is 2. The first-order valence-corrected chi connectivity index (χ1v) is 14.7. The zero-order valence-corrected chi connectivity index (χ0v) is 24.8. The van der Waals surface area contributed by atoms with E-state index in [0.29, 0.717) is 50.4 Å². The summed E-state index contributed by atoms with van der Waals surface area (Å²) in [5.41, 5.74) is 1.88. The van der Waals surface area contributed by atoms with Crippen molar-refractivity contribution in [1.82, 2.24) is 9.66 Å². The van der Waals surface area contributed by atoms with E-state index in [1.165, 1.54) is 17.2 Å². The molecule has 0 amide bonds. The molecule has 0 atom stereocenters. The summed E-state index contributed by atoms with van der Waals surface area (Å²) in [6, 6.07) is 15.6. The van der Waals surface area contributed by atoms with Crippen LogP contribution in [-0.2, 0) is 6.61 Å². The number of halogens is 2. The number of carbonyl (C=O) groups is 1.